The molecule has 1 aliphatic rings. The smallest absolute Gasteiger partial charge is 0.218 e. The van der Waals surface area contributed by atoms with Gasteiger partial charge in [-0.1, -0.05) is 12.1 Å². The molecule has 1 saturated heterocycles. The lowest BCUT2D eigenvalue weighted by Crippen LogP contribution is -2.52. The Morgan fingerprint density at radius 1 is 1.50 bits per heavy atom. The molecule has 18 heavy (non-hydrogen) atoms. The van der Waals surface area contributed by atoms with Gasteiger partial charge in [-0.3, -0.25) is 0 Å². The number of hydrogen-bond acceptors (Lipinski definition) is 3. The second kappa shape index (κ2) is 5.34. The highest BCUT2D eigenvalue weighted by Crippen LogP contribution is 2.15. The Morgan fingerprint density at radius 2 is 2.28 bits per heavy atom. The predicted molar refractivity (Wildman–Crippen MR) is 68.1 cm³/mol. The summed E-state index contributed by atoms with van der Waals surface area (Å²) >= 11 is 0. The molecule has 1 heterocycles. The lowest BCUT2D eigenvalue weighted by atomic mass is 10.2. The van der Waals surface area contributed by atoms with E-state index in [1.807, 2.05) is 6.92 Å². The molecule has 1 aliphatic heterocycles. The number of piperazine rings is 1. The molecular weight excluding hydrogens is 255 g/mol. The van der Waals surface area contributed by atoms with Crippen molar-refractivity contribution in [2.45, 2.75) is 18.7 Å². The second-order valence-corrected chi connectivity index (χ2v) is 6.47. The number of rotatable bonds is 3. The van der Waals surface area contributed by atoms with Crippen molar-refractivity contribution in [2.75, 3.05) is 19.6 Å². The van der Waals surface area contributed by atoms with Crippen LogP contribution in [0.15, 0.2) is 24.3 Å². The van der Waals surface area contributed by atoms with E-state index < -0.39 is 15.8 Å². The number of sulfonamides is 1. The summed E-state index contributed by atoms with van der Waals surface area (Å²) in [6, 6.07) is 5.68. The number of halogens is 1. The van der Waals surface area contributed by atoms with Gasteiger partial charge in [-0.05, 0) is 24.6 Å². The van der Waals surface area contributed by atoms with Crippen LogP contribution in [0.5, 0.6) is 0 Å². The Morgan fingerprint density at radius 3 is 2.94 bits per heavy atom. The SMILES string of the molecule is C[C@@H]1CNCCN1S(=O)(=O)Cc1cccc(F)c1. The number of nitrogens with one attached hydrogen (secondary N) is 1. The minimum absolute atomic E-state index is 0.0580. The van der Waals surface area contributed by atoms with Crippen LogP contribution in [0.25, 0.3) is 0 Å². The maximum atomic E-state index is 13.0. The number of hydrogen-bond donors (Lipinski definition) is 1. The number of nitrogens with zero attached hydrogens (tertiary/aromatic N) is 1. The van der Waals surface area contributed by atoms with Crippen LogP contribution in [0.3, 0.4) is 0 Å². The average Bonchev–Trinajstić information content (AvgIpc) is 2.28. The molecule has 0 aliphatic carbocycles. The maximum Gasteiger partial charge on any atom is 0.218 e. The number of benzene rings is 1. The standard InChI is InChI=1S/C12H17FN2O2S/c1-10-8-14-5-6-15(10)18(16,17)9-11-3-2-4-12(13)7-11/h2-4,7,10,14H,5-6,8-9H2,1H3/t10-/m1/s1. The molecule has 0 bridgehead atoms. The highest BCUT2D eigenvalue weighted by atomic mass is 32.2. The van der Waals surface area contributed by atoms with Crippen molar-refractivity contribution in [2.24, 2.45) is 0 Å². The summed E-state index contributed by atoms with van der Waals surface area (Å²) < 4.78 is 39.0. The van der Waals surface area contributed by atoms with E-state index in [2.05, 4.69) is 5.32 Å². The van der Waals surface area contributed by atoms with Gasteiger partial charge < -0.3 is 5.32 Å². The van der Waals surface area contributed by atoms with Gasteiger partial charge in [0.05, 0.1) is 5.75 Å². The summed E-state index contributed by atoms with van der Waals surface area (Å²) in [5.41, 5.74) is 0.487. The topological polar surface area (TPSA) is 49.4 Å². The predicted octanol–water partition coefficient (Wildman–Crippen LogP) is 0.949. The molecule has 1 fully saturated rings. The van der Waals surface area contributed by atoms with Crippen LogP contribution in [-0.2, 0) is 15.8 Å². The average molecular weight is 272 g/mol. The molecule has 6 heteroatoms. The highest BCUT2D eigenvalue weighted by Gasteiger charge is 2.29. The van der Waals surface area contributed by atoms with Crippen LogP contribution in [0.1, 0.15) is 12.5 Å². The molecule has 1 N–H and O–H groups in total. The molecule has 100 valence electrons. The summed E-state index contributed by atoms with van der Waals surface area (Å²) in [6.07, 6.45) is 0. The summed E-state index contributed by atoms with van der Waals surface area (Å²) in [5.74, 6) is -0.550. The Hall–Kier alpha value is -0.980. The lowest BCUT2D eigenvalue weighted by Gasteiger charge is -2.32. The van der Waals surface area contributed by atoms with Crippen LogP contribution >= 0.6 is 0 Å². The monoisotopic (exact) mass is 272 g/mol. The third-order valence-electron chi connectivity index (χ3n) is 3.04. The third-order valence-corrected chi connectivity index (χ3v) is 4.99. The lowest BCUT2D eigenvalue weighted by molar-refractivity contribution is 0.283. The molecule has 0 aromatic heterocycles. The Kier molecular flexibility index (Phi) is 3.99. The van der Waals surface area contributed by atoms with Gasteiger partial charge in [-0.2, -0.15) is 4.31 Å². The van der Waals surface area contributed by atoms with E-state index in [-0.39, 0.29) is 11.8 Å². The highest BCUT2D eigenvalue weighted by molar-refractivity contribution is 7.88. The van der Waals surface area contributed by atoms with Crippen LogP contribution < -0.4 is 5.32 Å². The van der Waals surface area contributed by atoms with Gasteiger partial charge in [-0.15, -0.1) is 0 Å². The van der Waals surface area contributed by atoms with Crippen molar-refractivity contribution in [3.05, 3.63) is 35.6 Å². The molecule has 0 spiro atoms. The van der Waals surface area contributed by atoms with Gasteiger partial charge in [0.15, 0.2) is 0 Å². The van der Waals surface area contributed by atoms with Gasteiger partial charge in [0.1, 0.15) is 5.82 Å². The fraction of sp³-hybridized carbons (Fsp3) is 0.500. The van der Waals surface area contributed by atoms with E-state index in [4.69, 9.17) is 0 Å². The van der Waals surface area contributed by atoms with Crippen molar-refractivity contribution >= 4 is 10.0 Å². The van der Waals surface area contributed by atoms with Crippen LogP contribution in [0.4, 0.5) is 4.39 Å². The van der Waals surface area contributed by atoms with E-state index in [1.54, 1.807) is 6.07 Å². The zero-order chi connectivity index (χ0) is 13.2. The van der Waals surface area contributed by atoms with Gasteiger partial charge in [-0.25, -0.2) is 12.8 Å². The molecule has 1 aromatic carbocycles. The first-order valence-electron chi connectivity index (χ1n) is 5.94. The van der Waals surface area contributed by atoms with E-state index in [0.717, 1.165) is 0 Å². The first kappa shape index (κ1) is 13.5. The van der Waals surface area contributed by atoms with Crippen molar-refractivity contribution < 1.29 is 12.8 Å². The Balaban J connectivity index is 2.16. The first-order chi connectivity index (χ1) is 8.49. The Labute approximate surface area is 107 Å². The van der Waals surface area contributed by atoms with E-state index in [0.29, 0.717) is 25.2 Å². The largest absolute Gasteiger partial charge is 0.314 e. The summed E-state index contributed by atoms with van der Waals surface area (Å²) in [6.45, 7) is 3.66. The van der Waals surface area contributed by atoms with Crippen molar-refractivity contribution in [3.8, 4) is 0 Å². The van der Waals surface area contributed by atoms with Crippen LogP contribution in [0, 0.1) is 5.82 Å². The fourth-order valence-corrected chi connectivity index (χ4v) is 3.91. The van der Waals surface area contributed by atoms with Gasteiger partial charge >= 0.3 is 0 Å². The molecule has 1 atom stereocenters. The molecule has 0 saturated carbocycles. The summed E-state index contributed by atoms with van der Waals surface area (Å²) in [7, 11) is -3.38. The zero-order valence-corrected chi connectivity index (χ0v) is 11.1. The van der Waals surface area contributed by atoms with E-state index in [1.165, 1.54) is 22.5 Å². The molecule has 0 radical (unpaired) electrons. The zero-order valence-electron chi connectivity index (χ0n) is 10.3. The van der Waals surface area contributed by atoms with E-state index in [9.17, 15) is 12.8 Å². The second-order valence-electron chi connectivity index (χ2n) is 4.55. The van der Waals surface area contributed by atoms with Crippen molar-refractivity contribution in [1.82, 2.24) is 9.62 Å². The van der Waals surface area contributed by atoms with Gasteiger partial charge in [0.25, 0.3) is 0 Å². The minimum atomic E-state index is -3.38. The first-order valence-corrected chi connectivity index (χ1v) is 7.54. The maximum absolute atomic E-state index is 13.0. The molecule has 0 unspecified atom stereocenters. The van der Waals surface area contributed by atoms with Crippen LogP contribution in [-0.4, -0.2) is 38.4 Å². The summed E-state index contributed by atoms with van der Waals surface area (Å²) in [5, 5.41) is 3.14. The third kappa shape index (κ3) is 3.07. The van der Waals surface area contributed by atoms with Gasteiger partial charge in [0.2, 0.25) is 10.0 Å². The molecule has 2 rings (SSSR count). The van der Waals surface area contributed by atoms with Crippen molar-refractivity contribution in [1.29, 1.82) is 0 Å². The molecular formula is C12H17FN2O2S. The summed E-state index contributed by atoms with van der Waals surface area (Å²) in [4.78, 5) is 0. The normalized spacial score (nSPS) is 22.0. The minimum Gasteiger partial charge on any atom is -0.314 e. The molecule has 1 aromatic rings. The fourth-order valence-electron chi connectivity index (χ4n) is 2.16. The Bertz CT molecular complexity index is 519. The quantitative estimate of drug-likeness (QED) is 0.891. The van der Waals surface area contributed by atoms with Gasteiger partial charge in [0, 0.05) is 25.7 Å². The molecule has 0 amide bonds. The van der Waals surface area contributed by atoms with Crippen molar-refractivity contribution in [3.63, 3.8) is 0 Å². The van der Waals surface area contributed by atoms with E-state index >= 15 is 0 Å². The molecule has 4 nitrogen and oxygen atoms in total. The van der Waals surface area contributed by atoms with Crippen LogP contribution in [0.2, 0.25) is 0 Å².